The van der Waals surface area contributed by atoms with E-state index in [0.29, 0.717) is 5.96 Å². The highest BCUT2D eigenvalue weighted by Gasteiger charge is 2.13. The van der Waals surface area contributed by atoms with E-state index in [0.717, 1.165) is 30.9 Å². The van der Waals surface area contributed by atoms with Crippen LogP contribution in [0.25, 0.3) is 5.65 Å². The van der Waals surface area contributed by atoms with Gasteiger partial charge in [0.1, 0.15) is 5.82 Å². The second-order valence-electron chi connectivity index (χ2n) is 6.80. The summed E-state index contributed by atoms with van der Waals surface area (Å²) in [4.78, 5) is 15.9. The topological polar surface area (TPSA) is 95.7 Å². The summed E-state index contributed by atoms with van der Waals surface area (Å²) in [5, 5.41) is 17.5. The molecule has 0 aliphatic rings. The van der Waals surface area contributed by atoms with Crippen LogP contribution in [0.1, 0.15) is 33.0 Å². The monoisotopic (exact) mass is 345 g/mol. The Morgan fingerprint density at radius 2 is 2.04 bits per heavy atom. The molecule has 0 aliphatic carbocycles. The van der Waals surface area contributed by atoms with E-state index >= 15 is 0 Å². The summed E-state index contributed by atoms with van der Waals surface area (Å²) < 4.78 is 1.99. The molecular weight excluding hydrogens is 318 g/mol. The number of carbonyl (C=O) groups excluding carboxylic acids is 1. The Hall–Kier alpha value is -2.64. The van der Waals surface area contributed by atoms with Crippen LogP contribution in [-0.2, 0) is 11.2 Å². The average Bonchev–Trinajstić information content (AvgIpc) is 2.96. The number of carbonyl (C=O) groups is 1. The first kappa shape index (κ1) is 18.7. The maximum Gasteiger partial charge on any atom is 0.239 e. The minimum absolute atomic E-state index is 0.0645. The van der Waals surface area contributed by atoms with Crippen LogP contribution < -0.4 is 16.0 Å². The summed E-state index contributed by atoms with van der Waals surface area (Å²) in [5.41, 5.74) is 0.615. The van der Waals surface area contributed by atoms with Gasteiger partial charge in [-0.05, 0) is 39.3 Å². The van der Waals surface area contributed by atoms with Crippen molar-refractivity contribution in [2.45, 2.75) is 39.2 Å². The van der Waals surface area contributed by atoms with E-state index in [1.165, 1.54) is 0 Å². The van der Waals surface area contributed by atoms with Crippen LogP contribution in [0.5, 0.6) is 0 Å². The lowest BCUT2D eigenvalue weighted by atomic mass is 10.1. The van der Waals surface area contributed by atoms with Crippen molar-refractivity contribution in [1.29, 1.82) is 0 Å². The lowest BCUT2D eigenvalue weighted by molar-refractivity contribution is -0.121. The quantitative estimate of drug-likeness (QED) is 0.408. The zero-order chi connectivity index (χ0) is 18.3. The molecular formula is C17H27N7O. The fraction of sp³-hybridized carbons (Fsp3) is 0.529. The average molecular weight is 345 g/mol. The van der Waals surface area contributed by atoms with Crippen molar-refractivity contribution in [2.24, 2.45) is 4.99 Å². The van der Waals surface area contributed by atoms with Crippen LogP contribution in [0, 0.1) is 0 Å². The second-order valence-corrected chi connectivity index (χ2v) is 6.80. The predicted octanol–water partition coefficient (Wildman–Crippen LogP) is 0.742. The van der Waals surface area contributed by atoms with E-state index in [2.05, 4.69) is 31.1 Å². The summed E-state index contributed by atoms with van der Waals surface area (Å²) in [6, 6.07) is 5.84. The van der Waals surface area contributed by atoms with Gasteiger partial charge in [-0.3, -0.25) is 14.2 Å². The third kappa shape index (κ3) is 6.06. The maximum absolute atomic E-state index is 11.8. The zero-order valence-corrected chi connectivity index (χ0v) is 15.3. The molecule has 0 unspecified atom stereocenters. The van der Waals surface area contributed by atoms with Crippen LogP contribution in [0.2, 0.25) is 0 Å². The van der Waals surface area contributed by atoms with E-state index in [-0.39, 0.29) is 18.0 Å². The van der Waals surface area contributed by atoms with Gasteiger partial charge >= 0.3 is 0 Å². The smallest absolute Gasteiger partial charge is 0.239 e. The standard InChI is InChI=1S/C17H27N7O/c1-17(2,3)21-15(25)12-20-16(18-4)19-10-7-9-14-23-22-13-8-5-6-11-24(13)14/h5-6,8,11H,7,9-10,12H2,1-4H3,(H,21,25)(H2,18,19,20). The Labute approximate surface area is 148 Å². The van der Waals surface area contributed by atoms with Gasteiger partial charge in [-0.25, -0.2) is 0 Å². The number of rotatable bonds is 6. The number of pyridine rings is 1. The van der Waals surface area contributed by atoms with Gasteiger partial charge in [0.25, 0.3) is 0 Å². The Kier molecular flexibility index (Phi) is 6.32. The summed E-state index contributed by atoms with van der Waals surface area (Å²) in [5.74, 6) is 1.48. The minimum atomic E-state index is -0.239. The number of aryl methyl sites for hydroxylation is 1. The fourth-order valence-corrected chi connectivity index (χ4v) is 2.36. The first-order valence-corrected chi connectivity index (χ1v) is 8.43. The van der Waals surface area contributed by atoms with Gasteiger partial charge in [0.05, 0.1) is 6.54 Å². The molecule has 2 aromatic rings. The number of amides is 1. The summed E-state index contributed by atoms with van der Waals surface area (Å²) in [7, 11) is 1.68. The highest BCUT2D eigenvalue weighted by atomic mass is 16.2. The van der Waals surface area contributed by atoms with Gasteiger partial charge in [0, 0.05) is 31.7 Å². The van der Waals surface area contributed by atoms with Gasteiger partial charge in [-0.15, -0.1) is 10.2 Å². The SMILES string of the molecule is CN=C(NCCCc1nnc2ccccn12)NCC(=O)NC(C)(C)C. The van der Waals surface area contributed by atoms with Crippen LogP contribution in [0.3, 0.4) is 0 Å². The van der Waals surface area contributed by atoms with Crippen molar-refractivity contribution in [3.8, 4) is 0 Å². The van der Waals surface area contributed by atoms with E-state index in [1.807, 2.05) is 49.6 Å². The molecule has 1 amide bonds. The molecule has 0 aliphatic heterocycles. The lowest BCUT2D eigenvalue weighted by Crippen LogP contribution is -2.48. The molecule has 2 heterocycles. The molecule has 0 spiro atoms. The molecule has 0 bridgehead atoms. The normalized spacial score (nSPS) is 12.2. The first-order valence-electron chi connectivity index (χ1n) is 8.43. The largest absolute Gasteiger partial charge is 0.356 e. The van der Waals surface area contributed by atoms with Crippen LogP contribution >= 0.6 is 0 Å². The number of fused-ring (bicyclic) bond motifs is 1. The molecule has 0 aromatic carbocycles. The first-order chi connectivity index (χ1) is 11.9. The fourth-order valence-electron chi connectivity index (χ4n) is 2.36. The van der Waals surface area contributed by atoms with Gasteiger partial charge in [0.15, 0.2) is 11.6 Å². The second kappa shape index (κ2) is 8.46. The van der Waals surface area contributed by atoms with Crippen molar-refractivity contribution in [3.63, 3.8) is 0 Å². The number of aromatic nitrogens is 3. The maximum atomic E-state index is 11.8. The van der Waals surface area contributed by atoms with Gasteiger partial charge in [-0.1, -0.05) is 6.07 Å². The van der Waals surface area contributed by atoms with E-state index in [9.17, 15) is 4.79 Å². The van der Waals surface area contributed by atoms with Crippen molar-refractivity contribution in [1.82, 2.24) is 30.5 Å². The number of nitrogens with zero attached hydrogens (tertiary/aromatic N) is 4. The number of hydrogen-bond donors (Lipinski definition) is 3. The van der Waals surface area contributed by atoms with Gasteiger partial charge in [-0.2, -0.15) is 0 Å². The molecule has 3 N–H and O–H groups in total. The Morgan fingerprint density at radius 3 is 2.76 bits per heavy atom. The molecule has 2 aromatic heterocycles. The van der Waals surface area contributed by atoms with Crippen LogP contribution in [0.15, 0.2) is 29.4 Å². The molecule has 0 saturated heterocycles. The molecule has 8 heteroatoms. The molecule has 136 valence electrons. The number of aliphatic imine (C=N–C) groups is 1. The van der Waals surface area contributed by atoms with E-state index in [1.54, 1.807) is 7.05 Å². The minimum Gasteiger partial charge on any atom is -0.356 e. The highest BCUT2D eigenvalue weighted by molar-refractivity contribution is 5.86. The molecule has 2 rings (SSSR count). The van der Waals surface area contributed by atoms with Crippen molar-refractivity contribution in [3.05, 3.63) is 30.2 Å². The molecule has 0 atom stereocenters. The Morgan fingerprint density at radius 1 is 1.24 bits per heavy atom. The predicted molar refractivity (Wildman–Crippen MR) is 98.6 cm³/mol. The Bertz CT molecular complexity index is 730. The van der Waals surface area contributed by atoms with Crippen LogP contribution in [-0.4, -0.2) is 52.1 Å². The van der Waals surface area contributed by atoms with Gasteiger partial charge < -0.3 is 16.0 Å². The molecule has 25 heavy (non-hydrogen) atoms. The molecule has 8 nitrogen and oxygen atoms in total. The van der Waals surface area contributed by atoms with Crippen molar-refractivity contribution < 1.29 is 4.79 Å². The van der Waals surface area contributed by atoms with E-state index in [4.69, 9.17) is 0 Å². The lowest BCUT2D eigenvalue weighted by Gasteiger charge is -2.21. The highest BCUT2D eigenvalue weighted by Crippen LogP contribution is 2.04. The molecule has 0 radical (unpaired) electrons. The Balaban J connectivity index is 1.72. The number of guanidine groups is 1. The molecule has 0 saturated carbocycles. The summed E-state index contributed by atoms with van der Waals surface area (Å²) in [6.45, 7) is 6.76. The van der Waals surface area contributed by atoms with Gasteiger partial charge in [0.2, 0.25) is 5.91 Å². The number of nitrogens with one attached hydrogen (secondary N) is 3. The zero-order valence-electron chi connectivity index (χ0n) is 15.3. The summed E-state index contributed by atoms with van der Waals surface area (Å²) >= 11 is 0. The number of hydrogen-bond acceptors (Lipinski definition) is 4. The van der Waals surface area contributed by atoms with Crippen molar-refractivity contribution >= 4 is 17.5 Å². The van der Waals surface area contributed by atoms with Crippen molar-refractivity contribution in [2.75, 3.05) is 20.1 Å². The third-order valence-corrected chi connectivity index (χ3v) is 3.41. The van der Waals surface area contributed by atoms with Crippen LogP contribution in [0.4, 0.5) is 0 Å². The van der Waals surface area contributed by atoms with E-state index < -0.39 is 0 Å². The summed E-state index contributed by atoms with van der Waals surface area (Å²) in [6.07, 6.45) is 3.65. The molecule has 0 fully saturated rings. The third-order valence-electron chi connectivity index (χ3n) is 3.41.